The van der Waals surface area contributed by atoms with Crippen LogP contribution in [-0.4, -0.2) is 48.6 Å². The molecule has 4 nitrogen and oxygen atoms in total. The van der Waals surface area contributed by atoms with E-state index in [-0.39, 0.29) is 6.03 Å². The molecule has 20 heavy (non-hydrogen) atoms. The zero-order valence-electron chi connectivity index (χ0n) is 12.1. The van der Waals surface area contributed by atoms with Crippen LogP contribution in [0.15, 0.2) is 15.9 Å². The second kappa shape index (κ2) is 7.43. The Morgan fingerprint density at radius 3 is 2.60 bits per heavy atom. The Balaban J connectivity index is 1.73. The van der Waals surface area contributed by atoms with Gasteiger partial charge in [-0.1, -0.05) is 13.8 Å². The highest BCUT2D eigenvalue weighted by atomic mass is 79.9. The molecule has 1 N–H and O–H groups in total. The van der Waals surface area contributed by atoms with Crippen molar-refractivity contribution in [3.8, 4) is 0 Å². The van der Waals surface area contributed by atoms with E-state index in [1.54, 1.807) is 11.3 Å². The monoisotopic (exact) mass is 359 g/mol. The Bertz CT molecular complexity index is 441. The van der Waals surface area contributed by atoms with E-state index < -0.39 is 0 Å². The topological polar surface area (TPSA) is 35.6 Å². The molecule has 1 aromatic heterocycles. The summed E-state index contributed by atoms with van der Waals surface area (Å²) in [5.41, 5.74) is 0. The van der Waals surface area contributed by atoms with Crippen LogP contribution in [0.5, 0.6) is 0 Å². The van der Waals surface area contributed by atoms with Gasteiger partial charge in [0.25, 0.3) is 0 Å². The summed E-state index contributed by atoms with van der Waals surface area (Å²) in [7, 11) is 0. The summed E-state index contributed by atoms with van der Waals surface area (Å²) in [6.07, 6.45) is 0. The Morgan fingerprint density at radius 2 is 2.05 bits per heavy atom. The molecule has 1 fully saturated rings. The van der Waals surface area contributed by atoms with Gasteiger partial charge in [-0.2, -0.15) is 0 Å². The standard InChI is InChI=1S/C14H22BrN3OS/c1-11(2)9-16-14(19)18-7-5-17(6-8-18)10-12-3-4-13(15)20-12/h3-4,11H,5-10H2,1-2H3,(H,16,19). The number of carbonyl (C=O) groups excluding carboxylic acids is 1. The molecule has 2 amide bonds. The average Bonchev–Trinajstić information content (AvgIpc) is 2.82. The molecule has 0 unspecified atom stereocenters. The Labute approximate surface area is 133 Å². The second-order valence-corrected chi connectivity index (χ2v) is 8.10. The highest BCUT2D eigenvalue weighted by Crippen LogP contribution is 2.23. The van der Waals surface area contributed by atoms with Gasteiger partial charge in [0.1, 0.15) is 0 Å². The number of hydrogen-bond acceptors (Lipinski definition) is 3. The molecule has 6 heteroatoms. The fourth-order valence-corrected chi connectivity index (χ4v) is 3.70. The van der Waals surface area contributed by atoms with E-state index in [1.165, 1.54) is 8.66 Å². The Kier molecular flexibility index (Phi) is 5.86. The zero-order valence-corrected chi connectivity index (χ0v) is 14.5. The van der Waals surface area contributed by atoms with Crippen molar-refractivity contribution >= 4 is 33.3 Å². The number of hydrogen-bond donors (Lipinski definition) is 1. The van der Waals surface area contributed by atoms with Gasteiger partial charge in [0.2, 0.25) is 0 Å². The molecule has 1 aliphatic rings. The minimum Gasteiger partial charge on any atom is -0.338 e. The largest absolute Gasteiger partial charge is 0.338 e. The zero-order chi connectivity index (χ0) is 14.5. The number of nitrogens with one attached hydrogen (secondary N) is 1. The molecule has 1 aromatic rings. The minimum absolute atomic E-state index is 0.0808. The summed E-state index contributed by atoms with van der Waals surface area (Å²) < 4.78 is 1.18. The van der Waals surface area contributed by atoms with Crippen LogP contribution in [0.25, 0.3) is 0 Å². The average molecular weight is 360 g/mol. The molecule has 2 rings (SSSR count). The summed E-state index contributed by atoms with van der Waals surface area (Å²) in [4.78, 5) is 17.7. The number of carbonyl (C=O) groups is 1. The molecular formula is C14H22BrN3OS. The lowest BCUT2D eigenvalue weighted by Gasteiger charge is -2.34. The molecule has 2 heterocycles. The maximum Gasteiger partial charge on any atom is 0.317 e. The van der Waals surface area contributed by atoms with Gasteiger partial charge < -0.3 is 10.2 Å². The highest BCUT2D eigenvalue weighted by molar-refractivity contribution is 9.11. The smallest absolute Gasteiger partial charge is 0.317 e. The van der Waals surface area contributed by atoms with Crippen LogP contribution in [0.2, 0.25) is 0 Å². The van der Waals surface area contributed by atoms with Crippen molar-refractivity contribution in [1.82, 2.24) is 15.1 Å². The van der Waals surface area contributed by atoms with Gasteiger partial charge in [-0.25, -0.2) is 4.79 Å². The lowest BCUT2D eigenvalue weighted by Crippen LogP contribution is -2.51. The molecule has 0 spiro atoms. The third-order valence-corrected chi connectivity index (χ3v) is 4.94. The number of piperazine rings is 1. The number of nitrogens with zero attached hydrogens (tertiary/aromatic N) is 2. The van der Waals surface area contributed by atoms with Crippen molar-refractivity contribution in [1.29, 1.82) is 0 Å². The quantitative estimate of drug-likeness (QED) is 0.896. The molecule has 0 radical (unpaired) electrons. The van der Waals surface area contributed by atoms with Crippen LogP contribution >= 0.6 is 27.3 Å². The first kappa shape index (κ1) is 15.8. The molecule has 1 saturated heterocycles. The number of amides is 2. The van der Waals surface area contributed by atoms with Crippen molar-refractivity contribution in [2.45, 2.75) is 20.4 Å². The first-order valence-corrected chi connectivity index (χ1v) is 8.65. The van der Waals surface area contributed by atoms with Gasteiger partial charge in [-0.15, -0.1) is 11.3 Å². The van der Waals surface area contributed by atoms with Crippen molar-refractivity contribution in [2.75, 3.05) is 32.7 Å². The summed E-state index contributed by atoms with van der Waals surface area (Å²) in [5, 5.41) is 2.98. The van der Waals surface area contributed by atoms with Crippen molar-refractivity contribution in [3.63, 3.8) is 0 Å². The van der Waals surface area contributed by atoms with Crippen molar-refractivity contribution in [3.05, 3.63) is 20.8 Å². The highest BCUT2D eigenvalue weighted by Gasteiger charge is 2.21. The van der Waals surface area contributed by atoms with Gasteiger partial charge >= 0.3 is 6.03 Å². The second-order valence-electron chi connectivity index (χ2n) is 5.55. The maximum absolute atomic E-state index is 12.0. The van der Waals surface area contributed by atoms with Gasteiger partial charge in [-0.05, 0) is 34.0 Å². The first-order chi connectivity index (χ1) is 9.54. The van der Waals surface area contributed by atoms with Gasteiger partial charge in [-0.3, -0.25) is 4.90 Å². The molecule has 0 aliphatic carbocycles. The predicted octanol–water partition coefficient (Wildman–Crippen LogP) is 2.99. The van der Waals surface area contributed by atoms with Crippen LogP contribution in [0, 0.1) is 5.92 Å². The van der Waals surface area contributed by atoms with E-state index in [4.69, 9.17) is 0 Å². The van der Waals surface area contributed by atoms with Crippen molar-refractivity contribution < 1.29 is 4.79 Å². The van der Waals surface area contributed by atoms with Crippen LogP contribution in [0.1, 0.15) is 18.7 Å². The van der Waals surface area contributed by atoms with E-state index in [0.717, 1.165) is 39.3 Å². The third-order valence-electron chi connectivity index (χ3n) is 3.33. The van der Waals surface area contributed by atoms with Gasteiger partial charge in [0.15, 0.2) is 0 Å². The van der Waals surface area contributed by atoms with Crippen LogP contribution < -0.4 is 5.32 Å². The molecule has 112 valence electrons. The summed E-state index contributed by atoms with van der Waals surface area (Å²) in [6.45, 7) is 9.48. The maximum atomic E-state index is 12.0. The molecular weight excluding hydrogens is 338 g/mol. The van der Waals surface area contributed by atoms with Crippen LogP contribution in [0.3, 0.4) is 0 Å². The molecule has 0 atom stereocenters. The fourth-order valence-electron chi connectivity index (χ4n) is 2.17. The lowest BCUT2D eigenvalue weighted by atomic mass is 10.2. The Hall–Kier alpha value is -0.590. The summed E-state index contributed by atoms with van der Waals surface area (Å²) in [6, 6.07) is 4.34. The summed E-state index contributed by atoms with van der Waals surface area (Å²) >= 11 is 5.28. The van der Waals surface area contributed by atoms with E-state index in [1.807, 2.05) is 4.90 Å². The normalized spacial score (nSPS) is 16.7. The van der Waals surface area contributed by atoms with E-state index in [9.17, 15) is 4.79 Å². The van der Waals surface area contributed by atoms with Gasteiger partial charge in [0, 0.05) is 44.1 Å². The molecule has 0 saturated carbocycles. The number of thiophene rings is 1. The predicted molar refractivity (Wildman–Crippen MR) is 87.1 cm³/mol. The van der Waals surface area contributed by atoms with Crippen LogP contribution in [0.4, 0.5) is 4.79 Å². The van der Waals surface area contributed by atoms with Crippen molar-refractivity contribution in [2.24, 2.45) is 5.92 Å². The van der Waals surface area contributed by atoms with Gasteiger partial charge in [0.05, 0.1) is 3.79 Å². The Morgan fingerprint density at radius 1 is 1.35 bits per heavy atom. The van der Waals surface area contributed by atoms with E-state index in [2.05, 4.69) is 52.1 Å². The molecule has 0 aromatic carbocycles. The SMILES string of the molecule is CC(C)CNC(=O)N1CCN(Cc2ccc(Br)s2)CC1. The number of urea groups is 1. The van der Waals surface area contributed by atoms with E-state index >= 15 is 0 Å². The summed E-state index contributed by atoms with van der Waals surface area (Å²) in [5.74, 6) is 0.498. The lowest BCUT2D eigenvalue weighted by molar-refractivity contribution is 0.135. The molecule has 1 aliphatic heterocycles. The molecule has 0 bridgehead atoms. The fraction of sp³-hybridized carbons (Fsp3) is 0.643. The minimum atomic E-state index is 0.0808. The number of rotatable bonds is 4. The third kappa shape index (κ3) is 4.75. The van der Waals surface area contributed by atoms with Crippen LogP contribution in [-0.2, 0) is 6.54 Å². The van der Waals surface area contributed by atoms with E-state index in [0.29, 0.717) is 5.92 Å². The first-order valence-electron chi connectivity index (χ1n) is 7.04. The number of halogens is 1.